The van der Waals surface area contributed by atoms with Crippen molar-refractivity contribution in [2.24, 2.45) is 11.8 Å². The lowest BCUT2D eigenvalue weighted by atomic mass is 10.0. The highest BCUT2D eigenvalue weighted by Crippen LogP contribution is 2.38. The fraction of sp³-hybridized carbons (Fsp3) is 0.647. The van der Waals surface area contributed by atoms with Crippen LogP contribution in [0, 0.1) is 11.8 Å². The van der Waals surface area contributed by atoms with E-state index in [0.717, 1.165) is 48.5 Å². The van der Waals surface area contributed by atoms with Gasteiger partial charge in [0.25, 0.3) is 0 Å². The summed E-state index contributed by atoms with van der Waals surface area (Å²) in [5.74, 6) is 3.29. The fourth-order valence-electron chi connectivity index (χ4n) is 4.10. The second-order valence-corrected chi connectivity index (χ2v) is 6.59. The minimum Gasteiger partial charge on any atom is -0.486 e. The lowest BCUT2D eigenvalue weighted by molar-refractivity contribution is 0.120. The second kappa shape index (κ2) is 5.50. The van der Waals surface area contributed by atoms with E-state index in [-0.39, 0.29) is 0 Å². The number of aliphatic hydroxyl groups is 1. The molecular weight excluding hydrogens is 266 g/mol. The van der Waals surface area contributed by atoms with E-state index in [4.69, 9.17) is 9.47 Å². The maximum absolute atomic E-state index is 10.5. The van der Waals surface area contributed by atoms with Gasteiger partial charge in [-0.2, -0.15) is 0 Å². The summed E-state index contributed by atoms with van der Waals surface area (Å²) in [5.41, 5.74) is 0.927. The van der Waals surface area contributed by atoms with Crippen LogP contribution >= 0.6 is 0 Å². The first-order valence-corrected chi connectivity index (χ1v) is 8.09. The third-order valence-corrected chi connectivity index (χ3v) is 5.18. The Kier molecular flexibility index (Phi) is 3.51. The largest absolute Gasteiger partial charge is 0.486 e. The van der Waals surface area contributed by atoms with Gasteiger partial charge in [-0.25, -0.2) is 0 Å². The van der Waals surface area contributed by atoms with Crippen molar-refractivity contribution >= 4 is 0 Å². The monoisotopic (exact) mass is 289 g/mol. The Balaban J connectivity index is 1.42. The van der Waals surface area contributed by atoms with Crippen molar-refractivity contribution in [3.8, 4) is 11.5 Å². The van der Waals surface area contributed by atoms with Crippen LogP contribution in [0.4, 0.5) is 0 Å². The van der Waals surface area contributed by atoms with Gasteiger partial charge in [0.2, 0.25) is 0 Å². The molecule has 3 unspecified atom stereocenters. The van der Waals surface area contributed by atoms with Crippen molar-refractivity contribution in [1.29, 1.82) is 0 Å². The predicted octanol–water partition coefficient (Wildman–Crippen LogP) is 2.22. The Morgan fingerprint density at radius 2 is 1.81 bits per heavy atom. The zero-order valence-corrected chi connectivity index (χ0v) is 12.3. The molecule has 4 heteroatoms. The molecule has 4 nitrogen and oxygen atoms in total. The molecule has 1 saturated carbocycles. The van der Waals surface area contributed by atoms with Gasteiger partial charge < -0.3 is 14.6 Å². The smallest absolute Gasteiger partial charge is 0.161 e. The third kappa shape index (κ3) is 2.62. The van der Waals surface area contributed by atoms with Gasteiger partial charge in [-0.05, 0) is 42.4 Å². The predicted molar refractivity (Wildman–Crippen MR) is 79.7 cm³/mol. The number of β-amino-alcohol motifs (C(OH)–C–C–N with tert-alkyl or cyclic N) is 1. The molecule has 3 atom stereocenters. The van der Waals surface area contributed by atoms with Crippen molar-refractivity contribution in [2.45, 2.75) is 25.4 Å². The summed E-state index contributed by atoms with van der Waals surface area (Å²) < 4.78 is 11.1. The molecule has 3 aliphatic rings. The van der Waals surface area contributed by atoms with Crippen molar-refractivity contribution in [3.63, 3.8) is 0 Å². The Hall–Kier alpha value is -1.26. The molecule has 114 valence electrons. The van der Waals surface area contributed by atoms with E-state index in [2.05, 4.69) is 4.90 Å². The fourth-order valence-corrected chi connectivity index (χ4v) is 4.10. The van der Waals surface area contributed by atoms with Gasteiger partial charge in [0.1, 0.15) is 13.2 Å². The van der Waals surface area contributed by atoms with E-state index in [9.17, 15) is 5.11 Å². The molecular formula is C17H23NO3. The molecule has 1 saturated heterocycles. The summed E-state index contributed by atoms with van der Waals surface area (Å²) in [6.45, 7) is 4.23. The summed E-state index contributed by atoms with van der Waals surface area (Å²) >= 11 is 0. The number of nitrogens with zero attached hydrogens (tertiary/aromatic N) is 1. The average Bonchev–Trinajstić information content (AvgIpc) is 3.08. The minimum atomic E-state index is -0.445. The number of benzene rings is 1. The number of likely N-dealkylation sites (tertiary alicyclic amines) is 1. The summed E-state index contributed by atoms with van der Waals surface area (Å²) in [5, 5.41) is 10.5. The topological polar surface area (TPSA) is 41.9 Å². The Bertz CT molecular complexity index is 507. The number of ether oxygens (including phenoxy) is 2. The molecule has 2 fully saturated rings. The molecule has 1 aliphatic carbocycles. The van der Waals surface area contributed by atoms with Gasteiger partial charge in [0.15, 0.2) is 11.5 Å². The average molecular weight is 289 g/mol. The lowest BCUT2D eigenvalue weighted by Crippen LogP contribution is -2.27. The standard InChI is InChI=1S/C17H23NO3/c19-15(11-18-9-13-2-1-3-14(13)10-18)12-4-5-16-17(8-12)21-7-6-20-16/h4-5,8,13-15,19H,1-3,6-7,9-11H2. The van der Waals surface area contributed by atoms with Crippen LogP contribution < -0.4 is 9.47 Å². The zero-order valence-electron chi connectivity index (χ0n) is 12.3. The molecule has 0 amide bonds. The molecule has 0 spiro atoms. The molecule has 4 rings (SSSR count). The normalized spacial score (nSPS) is 29.4. The minimum absolute atomic E-state index is 0.445. The van der Waals surface area contributed by atoms with E-state index in [1.165, 1.54) is 19.3 Å². The molecule has 2 heterocycles. The summed E-state index contributed by atoms with van der Waals surface area (Å²) in [6.07, 6.45) is 3.70. The van der Waals surface area contributed by atoms with E-state index in [1.807, 2.05) is 18.2 Å². The van der Waals surface area contributed by atoms with Crippen LogP contribution in [0.15, 0.2) is 18.2 Å². The maximum Gasteiger partial charge on any atom is 0.161 e. The second-order valence-electron chi connectivity index (χ2n) is 6.59. The summed E-state index contributed by atoms with van der Waals surface area (Å²) in [4.78, 5) is 2.43. The van der Waals surface area contributed by atoms with Gasteiger partial charge in [0.05, 0.1) is 6.10 Å². The van der Waals surface area contributed by atoms with E-state index < -0.39 is 6.10 Å². The highest BCUT2D eigenvalue weighted by atomic mass is 16.6. The number of rotatable bonds is 3. The quantitative estimate of drug-likeness (QED) is 0.926. The molecule has 1 aromatic carbocycles. The van der Waals surface area contributed by atoms with Crippen molar-refractivity contribution in [2.75, 3.05) is 32.8 Å². The van der Waals surface area contributed by atoms with Crippen LogP contribution in [0.1, 0.15) is 30.9 Å². The third-order valence-electron chi connectivity index (χ3n) is 5.18. The Morgan fingerprint density at radius 3 is 2.57 bits per heavy atom. The van der Waals surface area contributed by atoms with Gasteiger partial charge >= 0.3 is 0 Å². The lowest BCUT2D eigenvalue weighted by Gasteiger charge is -2.23. The van der Waals surface area contributed by atoms with Gasteiger partial charge in [0, 0.05) is 19.6 Å². The van der Waals surface area contributed by atoms with Gasteiger partial charge in [-0.15, -0.1) is 0 Å². The van der Waals surface area contributed by atoms with E-state index >= 15 is 0 Å². The molecule has 1 aromatic rings. The number of hydrogen-bond donors (Lipinski definition) is 1. The molecule has 0 radical (unpaired) electrons. The van der Waals surface area contributed by atoms with Crippen LogP contribution in [0.25, 0.3) is 0 Å². The van der Waals surface area contributed by atoms with Crippen molar-refractivity contribution in [3.05, 3.63) is 23.8 Å². The van der Waals surface area contributed by atoms with Crippen LogP contribution in [0.3, 0.4) is 0 Å². The number of aliphatic hydroxyl groups excluding tert-OH is 1. The maximum atomic E-state index is 10.5. The Labute approximate surface area is 125 Å². The first-order valence-electron chi connectivity index (χ1n) is 8.09. The number of hydrogen-bond acceptors (Lipinski definition) is 4. The first kappa shape index (κ1) is 13.4. The highest BCUT2D eigenvalue weighted by Gasteiger charge is 2.36. The molecule has 0 aromatic heterocycles. The number of fused-ring (bicyclic) bond motifs is 2. The van der Waals surface area contributed by atoms with Gasteiger partial charge in [-0.3, -0.25) is 4.90 Å². The van der Waals surface area contributed by atoms with Gasteiger partial charge in [-0.1, -0.05) is 12.5 Å². The van der Waals surface area contributed by atoms with E-state index in [0.29, 0.717) is 13.2 Å². The molecule has 21 heavy (non-hydrogen) atoms. The molecule has 1 N–H and O–H groups in total. The van der Waals surface area contributed by atoms with Crippen LogP contribution in [0.5, 0.6) is 11.5 Å². The highest BCUT2D eigenvalue weighted by molar-refractivity contribution is 5.44. The molecule has 0 bridgehead atoms. The van der Waals surface area contributed by atoms with Crippen molar-refractivity contribution in [1.82, 2.24) is 4.90 Å². The van der Waals surface area contributed by atoms with Crippen molar-refractivity contribution < 1.29 is 14.6 Å². The SMILES string of the molecule is OC(CN1CC2CCCC2C1)c1ccc2c(c1)OCCO2. The van der Waals surface area contributed by atoms with Crippen LogP contribution in [-0.4, -0.2) is 42.9 Å². The first-order chi connectivity index (χ1) is 10.3. The zero-order chi connectivity index (χ0) is 14.2. The van der Waals surface area contributed by atoms with Crippen LogP contribution in [0.2, 0.25) is 0 Å². The Morgan fingerprint density at radius 1 is 1.10 bits per heavy atom. The molecule has 2 aliphatic heterocycles. The summed E-state index contributed by atoms with van der Waals surface area (Å²) in [7, 11) is 0. The summed E-state index contributed by atoms with van der Waals surface area (Å²) in [6, 6.07) is 5.79. The van der Waals surface area contributed by atoms with Crippen LogP contribution in [-0.2, 0) is 0 Å². The van der Waals surface area contributed by atoms with E-state index in [1.54, 1.807) is 0 Å².